The number of fused-ring (bicyclic) bond motifs is 1. The molecule has 3 rings (SSSR count). The van der Waals surface area contributed by atoms with Gasteiger partial charge in [-0.1, -0.05) is 35.5 Å². The smallest absolute Gasteiger partial charge is 0.241 e. The molecule has 1 N–H and O–H groups in total. The number of rotatable bonds is 5. The second-order valence-corrected chi connectivity index (χ2v) is 9.61. The van der Waals surface area contributed by atoms with Crippen molar-refractivity contribution in [3.8, 4) is 0 Å². The van der Waals surface area contributed by atoms with E-state index in [1.54, 1.807) is 24.3 Å². The summed E-state index contributed by atoms with van der Waals surface area (Å²) in [6.07, 6.45) is 0. The highest BCUT2D eigenvalue weighted by molar-refractivity contribution is 8.02. The van der Waals surface area contributed by atoms with E-state index in [0.29, 0.717) is 9.92 Å². The van der Waals surface area contributed by atoms with Crippen LogP contribution in [-0.2, 0) is 14.5 Å². The minimum absolute atomic E-state index is 0.125. The third-order valence-electron chi connectivity index (χ3n) is 3.07. The molecule has 8 heteroatoms. The number of thiazole rings is 1. The van der Waals surface area contributed by atoms with Gasteiger partial charge in [0.25, 0.3) is 0 Å². The molecule has 1 atom stereocenters. The molecule has 1 amide bonds. The lowest BCUT2D eigenvalue weighted by molar-refractivity contribution is -0.116. The van der Waals surface area contributed by atoms with E-state index < -0.39 is 9.71 Å². The number of carbonyl (C=O) groups excluding carboxylic acids is 1. The first kappa shape index (κ1) is 17.3. The highest BCUT2D eigenvalue weighted by Crippen LogP contribution is 2.29. The molecule has 1 unspecified atom stereocenters. The Labute approximate surface area is 153 Å². The minimum atomic E-state index is -2.89. The molecular weight excluding hydrogens is 384 g/mol. The Kier molecular flexibility index (Phi) is 5.15. The minimum Gasteiger partial charge on any atom is -0.279 e. The average Bonchev–Trinajstić information content (AvgIpc) is 2.96. The summed E-state index contributed by atoms with van der Waals surface area (Å²) in [6, 6.07) is 14.2. The van der Waals surface area contributed by atoms with Crippen molar-refractivity contribution in [3.05, 3.63) is 53.6 Å². The Hall–Kier alpha value is -1.54. The van der Waals surface area contributed by atoms with Crippen molar-refractivity contribution in [2.45, 2.75) is 9.24 Å². The molecule has 0 aliphatic rings. The van der Waals surface area contributed by atoms with Crippen LogP contribution in [0.25, 0.3) is 10.2 Å². The fourth-order valence-corrected chi connectivity index (χ4v) is 5.19. The van der Waals surface area contributed by atoms with E-state index in [4.69, 9.17) is 11.6 Å². The van der Waals surface area contributed by atoms with Gasteiger partial charge in [0.1, 0.15) is 0 Å². The summed E-state index contributed by atoms with van der Waals surface area (Å²) in [6.45, 7) is 0. The van der Waals surface area contributed by atoms with Crippen molar-refractivity contribution in [1.29, 1.82) is 0 Å². The summed E-state index contributed by atoms with van der Waals surface area (Å²) < 4.78 is 16.9. The second kappa shape index (κ2) is 7.14. The van der Waals surface area contributed by atoms with Gasteiger partial charge in [-0.25, -0.2) is 9.19 Å². The van der Waals surface area contributed by atoms with Gasteiger partial charge in [-0.2, -0.15) is 0 Å². The van der Waals surface area contributed by atoms with Crippen LogP contribution >= 0.6 is 34.7 Å². The van der Waals surface area contributed by atoms with E-state index in [1.807, 2.05) is 24.3 Å². The molecule has 0 aliphatic carbocycles. The fourth-order valence-electron chi connectivity index (χ4n) is 1.97. The van der Waals surface area contributed by atoms with Crippen LogP contribution in [0.1, 0.15) is 0 Å². The molecular formula is C16H13ClN2O2S3. The number of nitrogens with one attached hydrogen (secondary N) is 1. The Morgan fingerprint density at radius 1 is 1.25 bits per heavy atom. The number of halogens is 1. The molecule has 24 heavy (non-hydrogen) atoms. The largest absolute Gasteiger partial charge is 0.279 e. The standard InChI is InChI=1S/C16H13ClN2O2S3/c1-24(21,12-8-6-11(17)7-9-12)19-15(20)10-22-16-18-13-4-2-3-5-14(13)23-16/h2-9H,1,10H2,(H,19,20,21). The number of hydrogen-bond acceptors (Lipinski definition) is 5. The van der Waals surface area contributed by atoms with Crippen LogP contribution < -0.4 is 4.72 Å². The maximum atomic E-state index is 12.6. The third kappa shape index (κ3) is 4.10. The van der Waals surface area contributed by atoms with Crippen molar-refractivity contribution in [2.75, 3.05) is 5.75 Å². The fraction of sp³-hybridized carbons (Fsp3) is 0.0625. The SMILES string of the molecule is C=S(=O)(NC(=O)CSc1nc2ccccc2s1)c1ccc(Cl)cc1. The van der Waals surface area contributed by atoms with Crippen molar-refractivity contribution < 1.29 is 9.00 Å². The molecule has 0 fully saturated rings. The first-order valence-electron chi connectivity index (χ1n) is 6.86. The molecule has 4 nitrogen and oxygen atoms in total. The second-order valence-electron chi connectivity index (χ2n) is 4.89. The normalized spacial score (nSPS) is 13.5. The van der Waals surface area contributed by atoms with Gasteiger partial charge in [-0.05, 0) is 42.3 Å². The lowest BCUT2D eigenvalue weighted by atomic mass is 10.3. The summed E-state index contributed by atoms with van der Waals surface area (Å²) in [7, 11) is -2.89. The molecule has 3 aromatic rings. The molecule has 0 aliphatic heterocycles. The van der Waals surface area contributed by atoms with Crippen LogP contribution in [0.2, 0.25) is 5.02 Å². The number of amides is 1. The quantitative estimate of drug-likeness (QED) is 0.525. The van der Waals surface area contributed by atoms with Crippen LogP contribution in [-0.4, -0.2) is 26.7 Å². The first-order chi connectivity index (χ1) is 11.4. The van der Waals surface area contributed by atoms with Crippen LogP contribution in [0.4, 0.5) is 0 Å². The zero-order valence-corrected chi connectivity index (χ0v) is 15.6. The van der Waals surface area contributed by atoms with Crippen molar-refractivity contribution in [1.82, 2.24) is 9.71 Å². The number of aromatic nitrogens is 1. The van der Waals surface area contributed by atoms with E-state index in [2.05, 4.69) is 15.6 Å². The monoisotopic (exact) mass is 396 g/mol. The topological polar surface area (TPSA) is 59.1 Å². The third-order valence-corrected chi connectivity index (χ3v) is 7.10. The molecule has 0 bridgehead atoms. The molecule has 0 radical (unpaired) electrons. The molecule has 0 saturated carbocycles. The zero-order chi connectivity index (χ0) is 17.2. The number of nitrogens with zero attached hydrogens (tertiary/aromatic N) is 1. The lowest BCUT2D eigenvalue weighted by Gasteiger charge is -2.11. The predicted octanol–water partition coefficient (Wildman–Crippen LogP) is 3.85. The number of carbonyl (C=O) groups is 1. The highest BCUT2D eigenvalue weighted by Gasteiger charge is 2.13. The lowest BCUT2D eigenvalue weighted by Crippen LogP contribution is -2.31. The maximum absolute atomic E-state index is 12.6. The Balaban J connectivity index is 1.63. The summed E-state index contributed by atoms with van der Waals surface area (Å²) in [5.41, 5.74) is 0.910. The van der Waals surface area contributed by atoms with Gasteiger partial charge in [0.05, 0.1) is 25.7 Å². The van der Waals surface area contributed by atoms with Crippen LogP contribution in [0.5, 0.6) is 0 Å². The van der Waals surface area contributed by atoms with Crippen molar-refractivity contribution >= 4 is 66.4 Å². The van der Waals surface area contributed by atoms with Crippen LogP contribution in [0, 0.1) is 0 Å². The van der Waals surface area contributed by atoms with E-state index in [0.717, 1.165) is 14.6 Å². The van der Waals surface area contributed by atoms with Crippen molar-refractivity contribution in [3.63, 3.8) is 0 Å². The van der Waals surface area contributed by atoms with Gasteiger partial charge in [-0.3, -0.25) is 9.52 Å². The molecule has 2 aromatic carbocycles. The molecule has 1 aromatic heterocycles. The van der Waals surface area contributed by atoms with E-state index in [-0.39, 0.29) is 11.7 Å². The Morgan fingerprint density at radius 2 is 1.96 bits per heavy atom. The number of para-hydroxylation sites is 1. The van der Waals surface area contributed by atoms with Gasteiger partial charge in [0.2, 0.25) is 5.91 Å². The van der Waals surface area contributed by atoms with Gasteiger partial charge < -0.3 is 0 Å². The number of benzene rings is 2. The number of thioether (sulfide) groups is 1. The van der Waals surface area contributed by atoms with Gasteiger partial charge >= 0.3 is 0 Å². The first-order valence-corrected chi connectivity index (χ1v) is 10.8. The predicted molar refractivity (Wildman–Crippen MR) is 103 cm³/mol. The summed E-state index contributed by atoms with van der Waals surface area (Å²) >= 11 is 8.65. The molecule has 0 saturated heterocycles. The molecule has 1 heterocycles. The van der Waals surface area contributed by atoms with E-state index >= 15 is 0 Å². The van der Waals surface area contributed by atoms with Crippen LogP contribution in [0.3, 0.4) is 0 Å². The van der Waals surface area contributed by atoms with Gasteiger partial charge in [0, 0.05) is 9.92 Å². The number of hydrogen-bond donors (Lipinski definition) is 1. The maximum Gasteiger partial charge on any atom is 0.241 e. The van der Waals surface area contributed by atoms with Gasteiger partial charge in [-0.15, -0.1) is 11.3 Å². The summed E-state index contributed by atoms with van der Waals surface area (Å²) in [4.78, 5) is 17.0. The van der Waals surface area contributed by atoms with E-state index in [9.17, 15) is 9.00 Å². The highest BCUT2D eigenvalue weighted by atomic mass is 35.5. The zero-order valence-electron chi connectivity index (χ0n) is 12.4. The van der Waals surface area contributed by atoms with E-state index in [1.165, 1.54) is 23.1 Å². The molecule has 0 spiro atoms. The Bertz CT molecular complexity index is 949. The molecule has 124 valence electrons. The Morgan fingerprint density at radius 3 is 2.67 bits per heavy atom. The van der Waals surface area contributed by atoms with Gasteiger partial charge in [0.15, 0.2) is 4.34 Å². The summed E-state index contributed by atoms with van der Waals surface area (Å²) in [5, 5.41) is 0.534. The summed E-state index contributed by atoms with van der Waals surface area (Å²) in [5.74, 6) is 3.40. The average molecular weight is 397 g/mol. The van der Waals surface area contributed by atoms with Crippen LogP contribution in [0.15, 0.2) is 57.8 Å². The van der Waals surface area contributed by atoms with Crippen molar-refractivity contribution in [2.24, 2.45) is 0 Å².